The fourth-order valence-electron chi connectivity index (χ4n) is 2.58. The molecule has 1 saturated heterocycles. The van der Waals surface area contributed by atoms with Crippen LogP contribution in [0.25, 0.3) is 0 Å². The van der Waals surface area contributed by atoms with Gasteiger partial charge in [-0.1, -0.05) is 41.7 Å². The van der Waals surface area contributed by atoms with E-state index in [4.69, 9.17) is 14.6 Å². The SMILES string of the molecule is COc1ccc(Sc2ccccc2C=NN=C2NC(=O)C(CC(=O)O)S2)cc1OC. The zero-order valence-electron chi connectivity index (χ0n) is 16.2. The first-order chi connectivity index (χ1) is 14.5. The number of benzene rings is 2. The molecule has 0 radical (unpaired) electrons. The summed E-state index contributed by atoms with van der Waals surface area (Å²) in [6, 6.07) is 13.4. The molecule has 2 aromatic carbocycles. The van der Waals surface area contributed by atoms with E-state index in [9.17, 15) is 9.59 Å². The third-order valence-electron chi connectivity index (χ3n) is 3.98. The molecule has 0 saturated carbocycles. The van der Waals surface area contributed by atoms with Gasteiger partial charge in [-0.2, -0.15) is 5.10 Å². The van der Waals surface area contributed by atoms with Gasteiger partial charge in [0.15, 0.2) is 16.7 Å². The third kappa shape index (κ3) is 5.55. The lowest BCUT2D eigenvalue weighted by molar-refractivity contribution is -0.138. The molecule has 30 heavy (non-hydrogen) atoms. The van der Waals surface area contributed by atoms with E-state index in [1.54, 1.807) is 20.4 Å². The maximum absolute atomic E-state index is 11.8. The number of ether oxygens (including phenoxy) is 2. The number of rotatable bonds is 8. The highest BCUT2D eigenvalue weighted by molar-refractivity contribution is 8.15. The summed E-state index contributed by atoms with van der Waals surface area (Å²) in [6.45, 7) is 0. The van der Waals surface area contributed by atoms with Crippen LogP contribution in [0.4, 0.5) is 0 Å². The van der Waals surface area contributed by atoms with E-state index >= 15 is 0 Å². The van der Waals surface area contributed by atoms with Crippen LogP contribution >= 0.6 is 23.5 Å². The van der Waals surface area contributed by atoms with Gasteiger partial charge >= 0.3 is 5.97 Å². The molecular formula is C20H19N3O5S2. The number of nitrogens with zero attached hydrogens (tertiary/aromatic N) is 2. The molecule has 0 bridgehead atoms. The highest BCUT2D eigenvalue weighted by Gasteiger charge is 2.32. The molecule has 0 aliphatic carbocycles. The van der Waals surface area contributed by atoms with Crippen molar-refractivity contribution in [2.24, 2.45) is 10.2 Å². The number of amides is 1. The number of thioether (sulfide) groups is 1. The second-order valence-corrected chi connectivity index (χ2v) is 8.31. The predicted molar refractivity (Wildman–Crippen MR) is 117 cm³/mol. The topological polar surface area (TPSA) is 110 Å². The highest BCUT2D eigenvalue weighted by Crippen LogP contribution is 2.36. The lowest BCUT2D eigenvalue weighted by Crippen LogP contribution is -2.26. The first-order valence-corrected chi connectivity index (χ1v) is 10.5. The Hall–Kier alpha value is -2.98. The number of carbonyl (C=O) groups is 2. The predicted octanol–water partition coefficient (Wildman–Crippen LogP) is 3.25. The molecule has 8 nitrogen and oxygen atoms in total. The van der Waals surface area contributed by atoms with Crippen molar-refractivity contribution in [2.75, 3.05) is 14.2 Å². The molecule has 1 aliphatic heterocycles. The number of hydrogen-bond acceptors (Lipinski definition) is 8. The Morgan fingerprint density at radius 1 is 1.23 bits per heavy atom. The van der Waals surface area contributed by atoms with Crippen LogP contribution < -0.4 is 14.8 Å². The average molecular weight is 446 g/mol. The van der Waals surface area contributed by atoms with Crippen molar-refractivity contribution in [3.63, 3.8) is 0 Å². The summed E-state index contributed by atoms with van der Waals surface area (Å²) in [5.41, 5.74) is 0.845. The van der Waals surface area contributed by atoms with Crippen molar-refractivity contribution in [2.45, 2.75) is 21.5 Å². The summed E-state index contributed by atoms with van der Waals surface area (Å²) < 4.78 is 10.6. The number of hydrogen-bond donors (Lipinski definition) is 2. The normalized spacial score (nSPS) is 17.3. The average Bonchev–Trinajstić information content (AvgIpc) is 3.07. The number of aliphatic carboxylic acids is 1. The Balaban J connectivity index is 1.73. The first-order valence-electron chi connectivity index (χ1n) is 8.79. The maximum atomic E-state index is 11.8. The summed E-state index contributed by atoms with van der Waals surface area (Å²) in [5.74, 6) is -0.107. The van der Waals surface area contributed by atoms with Gasteiger partial charge in [-0.3, -0.25) is 9.59 Å². The molecular weight excluding hydrogens is 426 g/mol. The lowest BCUT2D eigenvalue weighted by Gasteiger charge is -2.10. The van der Waals surface area contributed by atoms with Crippen molar-refractivity contribution in [1.29, 1.82) is 0 Å². The fourth-order valence-corrected chi connectivity index (χ4v) is 4.43. The summed E-state index contributed by atoms with van der Waals surface area (Å²) >= 11 is 2.60. The van der Waals surface area contributed by atoms with Gasteiger partial charge in [-0.25, -0.2) is 0 Å². The molecule has 2 N–H and O–H groups in total. The van der Waals surface area contributed by atoms with E-state index in [0.717, 1.165) is 27.1 Å². The Morgan fingerprint density at radius 3 is 2.73 bits per heavy atom. The van der Waals surface area contributed by atoms with E-state index < -0.39 is 11.2 Å². The van der Waals surface area contributed by atoms with Gasteiger partial charge in [0.2, 0.25) is 5.91 Å². The van der Waals surface area contributed by atoms with E-state index in [-0.39, 0.29) is 17.5 Å². The second-order valence-electron chi connectivity index (χ2n) is 6.00. The molecule has 2 aromatic rings. The van der Waals surface area contributed by atoms with Gasteiger partial charge in [0.1, 0.15) is 5.25 Å². The first kappa shape index (κ1) is 21.7. The van der Waals surface area contributed by atoms with E-state index in [2.05, 4.69) is 15.5 Å². The number of amidine groups is 1. The highest BCUT2D eigenvalue weighted by atomic mass is 32.2. The quantitative estimate of drug-likeness (QED) is 0.474. The maximum Gasteiger partial charge on any atom is 0.305 e. The van der Waals surface area contributed by atoms with Crippen LogP contribution in [0.15, 0.2) is 62.5 Å². The summed E-state index contributed by atoms with van der Waals surface area (Å²) in [5, 5.41) is 19.0. The largest absolute Gasteiger partial charge is 0.493 e. The van der Waals surface area contributed by atoms with Gasteiger partial charge in [-0.05, 0) is 24.3 Å². The molecule has 156 valence electrons. The zero-order chi connectivity index (χ0) is 21.5. The Bertz CT molecular complexity index is 1010. The number of carbonyl (C=O) groups excluding carboxylic acids is 1. The Labute approximate surface area is 181 Å². The molecule has 1 fully saturated rings. The van der Waals surface area contributed by atoms with Crippen molar-refractivity contribution in [3.8, 4) is 11.5 Å². The number of methoxy groups -OCH3 is 2. The molecule has 1 amide bonds. The van der Waals surface area contributed by atoms with Crippen LogP contribution in [0.2, 0.25) is 0 Å². The van der Waals surface area contributed by atoms with Gasteiger partial charge in [0.05, 0.1) is 26.9 Å². The van der Waals surface area contributed by atoms with E-state index in [1.807, 2.05) is 42.5 Å². The van der Waals surface area contributed by atoms with Crippen molar-refractivity contribution < 1.29 is 24.2 Å². The molecule has 1 atom stereocenters. The molecule has 3 rings (SSSR count). The van der Waals surface area contributed by atoms with Crippen molar-refractivity contribution in [1.82, 2.24) is 5.32 Å². The monoisotopic (exact) mass is 445 g/mol. The van der Waals surface area contributed by atoms with Gasteiger partial charge in [0, 0.05) is 15.4 Å². The number of carboxylic acids is 1. The van der Waals surface area contributed by atoms with E-state index in [0.29, 0.717) is 11.5 Å². The summed E-state index contributed by atoms with van der Waals surface area (Å²) in [4.78, 5) is 24.5. The van der Waals surface area contributed by atoms with E-state index in [1.165, 1.54) is 11.8 Å². The minimum Gasteiger partial charge on any atom is -0.493 e. The summed E-state index contributed by atoms with van der Waals surface area (Å²) in [7, 11) is 3.18. The zero-order valence-corrected chi connectivity index (χ0v) is 17.8. The van der Waals surface area contributed by atoms with Gasteiger partial charge in [-0.15, -0.1) is 5.10 Å². The Morgan fingerprint density at radius 2 is 2.00 bits per heavy atom. The van der Waals surface area contributed by atoms with Crippen LogP contribution in [-0.2, 0) is 9.59 Å². The van der Waals surface area contributed by atoms with Crippen molar-refractivity contribution >= 4 is 46.8 Å². The minimum atomic E-state index is -1.03. The van der Waals surface area contributed by atoms with Gasteiger partial charge in [0.25, 0.3) is 0 Å². The molecule has 10 heteroatoms. The van der Waals surface area contributed by atoms with Crippen molar-refractivity contribution in [3.05, 3.63) is 48.0 Å². The third-order valence-corrected chi connectivity index (χ3v) is 6.14. The van der Waals surface area contributed by atoms with Crippen LogP contribution in [0, 0.1) is 0 Å². The Kier molecular flexibility index (Phi) is 7.36. The van der Waals surface area contributed by atoms with Gasteiger partial charge < -0.3 is 19.9 Å². The number of nitrogens with one attached hydrogen (secondary N) is 1. The fraction of sp³-hybridized carbons (Fsp3) is 0.200. The molecule has 0 aromatic heterocycles. The molecule has 1 heterocycles. The summed E-state index contributed by atoms with van der Waals surface area (Å²) in [6.07, 6.45) is 1.33. The van der Waals surface area contributed by atoms with Crippen LogP contribution in [0.1, 0.15) is 12.0 Å². The van der Waals surface area contributed by atoms with Crippen LogP contribution in [-0.4, -0.2) is 47.8 Å². The molecule has 1 aliphatic rings. The second kappa shape index (κ2) is 10.2. The van der Waals surface area contributed by atoms with Crippen LogP contribution in [0.3, 0.4) is 0 Å². The van der Waals surface area contributed by atoms with Crippen LogP contribution in [0.5, 0.6) is 11.5 Å². The minimum absolute atomic E-state index is 0.260. The molecule has 1 unspecified atom stereocenters. The number of carboxylic acid groups (broad SMARTS) is 1. The standard InChI is InChI=1S/C20H19N3O5S2/c1-27-14-8-7-13(9-15(14)28-2)29-16-6-4-3-5-12(16)11-21-23-20-22-19(26)17(30-20)10-18(24)25/h3-9,11,17H,10H2,1-2H3,(H,24,25)(H,22,23,26). The lowest BCUT2D eigenvalue weighted by atomic mass is 10.2. The smallest absolute Gasteiger partial charge is 0.305 e. The molecule has 0 spiro atoms.